The number of carbonyl (C=O) groups excluding carboxylic acids is 5. The summed E-state index contributed by atoms with van der Waals surface area (Å²) in [5.41, 5.74) is 1.63. The van der Waals surface area contributed by atoms with Crippen LogP contribution in [0.15, 0.2) is 96.1 Å². The lowest BCUT2D eigenvalue weighted by Crippen LogP contribution is -2.54. The molecule has 3 aromatic carbocycles. The second kappa shape index (κ2) is 10.8. The number of fused-ring (bicyclic) bond motifs is 4. The molecule has 6 atom stereocenters. The number of nitrogens with zero attached hydrogens (tertiary/aromatic N) is 1. The molecule has 0 unspecified atom stereocenters. The lowest BCUT2D eigenvalue weighted by molar-refractivity contribution is -0.141. The van der Waals surface area contributed by atoms with E-state index in [4.69, 9.17) is 4.74 Å². The van der Waals surface area contributed by atoms with Gasteiger partial charge in [-0.1, -0.05) is 55.0 Å². The smallest absolute Gasteiger partial charge is 0.238 e. The van der Waals surface area contributed by atoms with Crippen LogP contribution >= 0.6 is 0 Å². The van der Waals surface area contributed by atoms with Crippen LogP contribution in [0.4, 0.5) is 5.69 Å². The van der Waals surface area contributed by atoms with Crippen LogP contribution in [0.2, 0.25) is 0 Å². The Bertz CT molecular complexity index is 1890. The minimum absolute atomic E-state index is 0.0685. The average Bonchev–Trinajstić information content (AvgIpc) is 3.32. The van der Waals surface area contributed by atoms with E-state index in [-0.39, 0.29) is 47.8 Å². The zero-order chi connectivity index (χ0) is 32.5. The van der Waals surface area contributed by atoms with E-state index in [9.17, 15) is 29.1 Å². The Kier molecular flexibility index (Phi) is 6.92. The van der Waals surface area contributed by atoms with Crippen LogP contribution in [-0.4, -0.2) is 41.4 Å². The molecule has 0 aromatic heterocycles. The second-order valence-corrected chi connectivity index (χ2v) is 12.9. The molecule has 7 rings (SSSR count). The molecule has 8 nitrogen and oxygen atoms in total. The number of hydrogen-bond acceptors (Lipinski definition) is 7. The van der Waals surface area contributed by atoms with Crippen molar-refractivity contribution in [2.24, 2.45) is 29.1 Å². The van der Waals surface area contributed by atoms with Crippen molar-refractivity contribution in [1.29, 1.82) is 0 Å². The van der Waals surface area contributed by atoms with Gasteiger partial charge in [-0.05, 0) is 73.7 Å². The predicted octanol–water partition coefficient (Wildman–Crippen LogP) is 5.59. The maximum atomic E-state index is 14.3. The summed E-state index contributed by atoms with van der Waals surface area (Å²) in [4.78, 5) is 70.0. The maximum absolute atomic E-state index is 14.3. The Balaban J connectivity index is 1.29. The zero-order valence-corrected chi connectivity index (χ0v) is 25.7. The van der Waals surface area contributed by atoms with Gasteiger partial charge in [-0.25, -0.2) is 0 Å². The van der Waals surface area contributed by atoms with E-state index in [1.54, 1.807) is 74.5 Å². The first-order chi connectivity index (χ1) is 22.1. The molecule has 4 aliphatic rings. The van der Waals surface area contributed by atoms with Gasteiger partial charge in [0.15, 0.2) is 17.3 Å². The van der Waals surface area contributed by atoms with Crippen LogP contribution in [-0.2, 0) is 19.2 Å². The minimum atomic E-state index is -1.23. The monoisotopic (exact) mass is 615 g/mol. The highest BCUT2D eigenvalue weighted by Crippen LogP contribution is 2.64. The lowest BCUT2D eigenvalue weighted by Gasteiger charge is -2.53. The largest absolute Gasteiger partial charge is 0.508 e. The number of ketones is 3. The van der Waals surface area contributed by atoms with Gasteiger partial charge < -0.3 is 9.84 Å². The van der Waals surface area contributed by atoms with Gasteiger partial charge in [-0.15, -0.1) is 0 Å². The van der Waals surface area contributed by atoms with E-state index in [1.165, 1.54) is 24.2 Å². The van der Waals surface area contributed by atoms with Crippen LogP contribution in [0.3, 0.4) is 0 Å². The Hall–Kier alpha value is -5.11. The molecule has 8 heteroatoms. The number of hydrogen-bond donors (Lipinski definition) is 1. The van der Waals surface area contributed by atoms with Crippen molar-refractivity contribution in [2.75, 3.05) is 12.0 Å². The molecule has 1 N–H and O–H groups in total. The van der Waals surface area contributed by atoms with Gasteiger partial charge in [0.25, 0.3) is 0 Å². The van der Waals surface area contributed by atoms with Crippen molar-refractivity contribution in [3.8, 4) is 11.5 Å². The van der Waals surface area contributed by atoms with Gasteiger partial charge in [0.05, 0.1) is 30.0 Å². The zero-order valence-electron chi connectivity index (χ0n) is 25.7. The van der Waals surface area contributed by atoms with E-state index < -0.39 is 35.0 Å². The number of imide groups is 1. The van der Waals surface area contributed by atoms with Crippen molar-refractivity contribution in [1.82, 2.24) is 0 Å². The van der Waals surface area contributed by atoms with Gasteiger partial charge >= 0.3 is 0 Å². The highest BCUT2D eigenvalue weighted by Gasteiger charge is 2.64. The number of allylic oxidation sites excluding steroid dienone is 4. The number of carbonyl (C=O) groups is 5. The third-order valence-corrected chi connectivity index (χ3v) is 10.6. The first-order valence-electron chi connectivity index (χ1n) is 15.5. The third kappa shape index (κ3) is 4.16. The van der Waals surface area contributed by atoms with Crippen molar-refractivity contribution in [3.63, 3.8) is 0 Å². The van der Waals surface area contributed by atoms with Gasteiger partial charge in [-0.2, -0.15) is 0 Å². The Labute approximate surface area is 266 Å². The number of phenolic OH excluding ortho intramolecular Hbond substituents is 1. The number of Topliss-reactive ketones (excluding diaryl/α,β-unsaturated/α-hetero) is 1. The molecular weight excluding hydrogens is 582 g/mol. The number of benzene rings is 3. The number of aromatic hydroxyl groups is 1. The predicted molar refractivity (Wildman–Crippen MR) is 169 cm³/mol. The van der Waals surface area contributed by atoms with E-state index in [0.29, 0.717) is 33.7 Å². The molecule has 1 aliphatic heterocycles. The van der Waals surface area contributed by atoms with Crippen LogP contribution < -0.4 is 9.64 Å². The summed E-state index contributed by atoms with van der Waals surface area (Å²) >= 11 is 0. The fraction of sp³-hybridized carbons (Fsp3) is 0.289. The molecule has 1 saturated heterocycles. The Morgan fingerprint density at radius 2 is 1.59 bits per heavy atom. The number of rotatable bonds is 5. The number of phenols is 1. The summed E-state index contributed by atoms with van der Waals surface area (Å²) in [6, 6.07) is 20.2. The lowest BCUT2D eigenvalue weighted by atomic mass is 9.47. The van der Waals surface area contributed by atoms with Crippen molar-refractivity contribution < 1.29 is 33.8 Å². The SMILES string of the molecule is COc1cccc(O)c1[C@H]1C2=CC[C@@H]3C(=O)N(c4ccc(C(=O)c5ccccc5)cc4)C(=O)[C@@H]3[C@@H]2C[C@H]2C(=O)C=C(C)C(=O)[C@@]12C. The maximum Gasteiger partial charge on any atom is 0.238 e. The number of ether oxygens (including phenoxy) is 1. The first-order valence-corrected chi connectivity index (χ1v) is 15.5. The molecule has 3 aromatic rings. The standard InChI is InChI=1S/C38H33NO7/c1-20-18-29(41)27-19-26-24(33(38(27,2)35(20)43)32-28(40)10-7-11-30(32)46-3)16-17-25-31(26)37(45)39(36(25)44)23-14-12-22(13-15-23)34(42)21-8-5-4-6-9-21/h4-16,18,25-27,31,33,40H,17,19H2,1-3H3/t25-,26+,27-,31-,33+,38+/m0/s1. The number of anilines is 1. The van der Waals surface area contributed by atoms with E-state index >= 15 is 0 Å². The normalized spacial score (nSPS) is 28.6. The summed E-state index contributed by atoms with van der Waals surface area (Å²) in [5, 5.41) is 11.2. The molecule has 232 valence electrons. The molecule has 2 fully saturated rings. The summed E-state index contributed by atoms with van der Waals surface area (Å²) in [5.74, 6) is -4.39. The summed E-state index contributed by atoms with van der Waals surface area (Å²) in [7, 11) is 1.48. The quantitative estimate of drug-likeness (QED) is 0.226. The van der Waals surface area contributed by atoms with Crippen molar-refractivity contribution >= 4 is 34.9 Å². The molecule has 1 heterocycles. The highest BCUT2D eigenvalue weighted by molar-refractivity contribution is 6.23. The van der Waals surface area contributed by atoms with Gasteiger partial charge in [0.1, 0.15) is 11.5 Å². The van der Waals surface area contributed by atoms with E-state index in [1.807, 2.05) is 12.1 Å². The Morgan fingerprint density at radius 1 is 0.891 bits per heavy atom. The van der Waals surface area contributed by atoms with Gasteiger partial charge in [-0.3, -0.25) is 28.9 Å². The second-order valence-electron chi connectivity index (χ2n) is 12.9. The van der Waals surface area contributed by atoms with Gasteiger partial charge in [0.2, 0.25) is 11.8 Å². The molecule has 3 aliphatic carbocycles. The van der Waals surface area contributed by atoms with Crippen LogP contribution in [0.25, 0.3) is 0 Å². The van der Waals surface area contributed by atoms with E-state index in [2.05, 4.69) is 0 Å². The van der Waals surface area contributed by atoms with Crippen molar-refractivity contribution in [2.45, 2.75) is 32.6 Å². The topological polar surface area (TPSA) is 118 Å². The molecule has 0 radical (unpaired) electrons. The summed E-state index contributed by atoms with van der Waals surface area (Å²) in [6.45, 7) is 3.41. The fourth-order valence-electron chi connectivity index (χ4n) is 8.48. The minimum Gasteiger partial charge on any atom is -0.508 e. The fourth-order valence-corrected chi connectivity index (χ4v) is 8.48. The summed E-state index contributed by atoms with van der Waals surface area (Å²) in [6.07, 6.45) is 3.81. The van der Waals surface area contributed by atoms with Crippen LogP contribution in [0.1, 0.15) is 54.1 Å². The average molecular weight is 616 g/mol. The number of amides is 2. The number of methoxy groups -OCH3 is 1. The van der Waals surface area contributed by atoms with E-state index in [0.717, 1.165) is 5.57 Å². The molecule has 0 bridgehead atoms. The molecule has 1 saturated carbocycles. The van der Waals surface area contributed by atoms with Crippen LogP contribution in [0.5, 0.6) is 11.5 Å². The van der Waals surface area contributed by atoms with Gasteiger partial charge in [0, 0.05) is 28.5 Å². The summed E-state index contributed by atoms with van der Waals surface area (Å²) < 4.78 is 5.68. The first kappa shape index (κ1) is 29.6. The Morgan fingerprint density at radius 3 is 2.28 bits per heavy atom. The molecular formula is C38H33NO7. The third-order valence-electron chi connectivity index (χ3n) is 10.6. The molecule has 0 spiro atoms. The van der Waals surface area contributed by atoms with Crippen molar-refractivity contribution in [3.05, 3.63) is 113 Å². The molecule has 46 heavy (non-hydrogen) atoms. The highest BCUT2D eigenvalue weighted by atomic mass is 16.5. The van der Waals surface area contributed by atoms with Crippen LogP contribution in [0, 0.1) is 29.1 Å². The molecule has 2 amide bonds.